The van der Waals surface area contributed by atoms with Crippen LogP contribution in [-0.4, -0.2) is 50.5 Å². The predicted molar refractivity (Wildman–Crippen MR) is 101 cm³/mol. The maximum Gasteiger partial charge on any atom is 0.309 e. The van der Waals surface area contributed by atoms with Crippen LogP contribution in [0.1, 0.15) is 5.56 Å². The summed E-state index contributed by atoms with van der Waals surface area (Å²) in [7, 11) is -3.93. The van der Waals surface area contributed by atoms with Gasteiger partial charge in [-0.3, -0.25) is 9.59 Å². The topological polar surface area (TPSA) is 105 Å². The summed E-state index contributed by atoms with van der Waals surface area (Å²) in [6.07, 6.45) is -0.962. The van der Waals surface area contributed by atoms with Crippen LogP contribution in [0.5, 0.6) is 0 Å². The van der Waals surface area contributed by atoms with Crippen molar-refractivity contribution in [1.29, 1.82) is 0 Å². The Hall–Kier alpha value is -2.82. The minimum atomic E-state index is -3.93. The fourth-order valence-corrected chi connectivity index (χ4v) is 4.31. The lowest BCUT2D eigenvalue weighted by Gasteiger charge is -2.22. The molecule has 0 bridgehead atoms. The highest BCUT2D eigenvalue weighted by atomic mass is 32.2. The Labute approximate surface area is 167 Å². The van der Waals surface area contributed by atoms with E-state index >= 15 is 0 Å². The molecule has 0 radical (unpaired) electrons. The SMILES string of the molecule is O=C(NCc1ccccc1)C(=O)NC[C@@H]1OCCN1S(=O)(=O)c1ccc(F)cc1. The predicted octanol–water partition coefficient (Wildman–Crippen LogP) is 0.605. The molecule has 1 saturated heterocycles. The van der Waals surface area contributed by atoms with Gasteiger partial charge in [-0.1, -0.05) is 30.3 Å². The molecule has 0 unspecified atom stereocenters. The van der Waals surface area contributed by atoms with E-state index in [1.165, 1.54) is 0 Å². The lowest BCUT2D eigenvalue weighted by atomic mass is 10.2. The molecular weight excluding hydrogens is 401 g/mol. The number of hydrogen-bond acceptors (Lipinski definition) is 5. The van der Waals surface area contributed by atoms with E-state index < -0.39 is 33.9 Å². The zero-order valence-electron chi connectivity index (χ0n) is 15.4. The van der Waals surface area contributed by atoms with Crippen molar-refractivity contribution in [2.75, 3.05) is 19.7 Å². The van der Waals surface area contributed by atoms with Gasteiger partial charge in [0.05, 0.1) is 18.0 Å². The van der Waals surface area contributed by atoms with Crippen LogP contribution < -0.4 is 10.6 Å². The highest BCUT2D eigenvalue weighted by molar-refractivity contribution is 7.89. The van der Waals surface area contributed by atoms with Crippen molar-refractivity contribution in [3.63, 3.8) is 0 Å². The lowest BCUT2D eigenvalue weighted by molar-refractivity contribution is -0.139. The number of hydrogen-bond donors (Lipinski definition) is 2. The molecule has 2 aromatic carbocycles. The second-order valence-corrected chi connectivity index (χ2v) is 8.16. The summed E-state index contributed by atoms with van der Waals surface area (Å²) < 4.78 is 45.0. The van der Waals surface area contributed by atoms with E-state index in [-0.39, 0.29) is 31.1 Å². The number of sulfonamides is 1. The molecule has 1 atom stereocenters. The highest BCUT2D eigenvalue weighted by Crippen LogP contribution is 2.22. The summed E-state index contributed by atoms with van der Waals surface area (Å²) in [5.74, 6) is -2.28. The van der Waals surface area contributed by atoms with Gasteiger partial charge in [0, 0.05) is 13.1 Å². The van der Waals surface area contributed by atoms with E-state index in [2.05, 4.69) is 10.6 Å². The number of rotatable bonds is 6. The Kier molecular flexibility index (Phi) is 6.57. The van der Waals surface area contributed by atoms with Crippen molar-refractivity contribution >= 4 is 21.8 Å². The Morgan fingerprint density at radius 1 is 1.03 bits per heavy atom. The van der Waals surface area contributed by atoms with Gasteiger partial charge >= 0.3 is 11.8 Å². The number of nitrogens with zero attached hydrogens (tertiary/aromatic N) is 1. The fourth-order valence-electron chi connectivity index (χ4n) is 2.80. The second-order valence-electron chi connectivity index (χ2n) is 6.27. The third kappa shape index (κ3) is 5.17. The second kappa shape index (κ2) is 9.12. The van der Waals surface area contributed by atoms with E-state index in [1.807, 2.05) is 30.3 Å². The van der Waals surface area contributed by atoms with Crippen LogP contribution in [0.25, 0.3) is 0 Å². The van der Waals surface area contributed by atoms with Gasteiger partial charge in [-0.15, -0.1) is 0 Å². The van der Waals surface area contributed by atoms with E-state index in [0.29, 0.717) is 0 Å². The molecule has 0 saturated carbocycles. The maximum absolute atomic E-state index is 13.1. The molecule has 1 heterocycles. The standard InChI is InChI=1S/C19H20FN3O5S/c20-15-6-8-16(9-7-15)29(26,27)23-10-11-28-17(23)13-22-19(25)18(24)21-12-14-4-2-1-3-5-14/h1-9,17H,10-13H2,(H,21,24)(H,22,25)/t17-/m0/s1. The summed E-state index contributed by atoms with van der Waals surface area (Å²) in [5, 5.41) is 4.87. The minimum absolute atomic E-state index is 0.0821. The maximum atomic E-state index is 13.1. The molecule has 154 valence electrons. The van der Waals surface area contributed by atoms with Crippen molar-refractivity contribution in [3.8, 4) is 0 Å². The van der Waals surface area contributed by atoms with Gasteiger partial charge < -0.3 is 15.4 Å². The lowest BCUT2D eigenvalue weighted by Crippen LogP contribution is -2.47. The van der Waals surface area contributed by atoms with E-state index in [1.54, 1.807) is 0 Å². The molecule has 0 aliphatic carbocycles. The molecule has 3 rings (SSSR count). The van der Waals surface area contributed by atoms with Crippen LogP contribution in [-0.2, 0) is 30.9 Å². The van der Waals surface area contributed by atoms with Crippen molar-refractivity contribution in [2.24, 2.45) is 0 Å². The molecule has 0 spiro atoms. The average Bonchev–Trinajstić information content (AvgIpc) is 3.21. The number of ether oxygens (including phenoxy) is 1. The van der Waals surface area contributed by atoms with Gasteiger partial charge in [-0.05, 0) is 29.8 Å². The van der Waals surface area contributed by atoms with Crippen molar-refractivity contribution in [3.05, 3.63) is 66.0 Å². The zero-order valence-corrected chi connectivity index (χ0v) is 16.2. The van der Waals surface area contributed by atoms with Crippen molar-refractivity contribution in [1.82, 2.24) is 14.9 Å². The summed E-state index contributed by atoms with van der Waals surface area (Å²) in [6, 6.07) is 13.5. The van der Waals surface area contributed by atoms with Gasteiger partial charge in [0.15, 0.2) is 0 Å². The van der Waals surface area contributed by atoms with Crippen LogP contribution in [0.15, 0.2) is 59.5 Å². The van der Waals surface area contributed by atoms with Crippen molar-refractivity contribution in [2.45, 2.75) is 17.7 Å². The van der Waals surface area contributed by atoms with Gasteiger partial charge in [0.25, 0.3) is 0 Å². The molecule has 1 aliphatic heterocycles. The highest BCUT2D eigenvalue weighted by Gasteiger charge is 2.36. The Morgan fingerprint density at radius 2 is 1.69 bits per heavy atom. The van der Waals surface area contributed by atoms with Crippen LogP contribution in [0.3, 0.4) is 0 Å². The number of benzene rings is 2. The summed E-state index contributed by atoms with van der Waals surface area (Å²) >= 11 is 0. The third-order valence-electron chi connectivity index (χ3n) is 4.30. The summed E-state index contributed by atoms with van der Waals surface area (Å²) in [4.78, 5) is 23.8. The summed E-state index contributed by atoms with van der Waals surface area (Å²) in [6.45, 7) is 0.220. The monoisotopic (exact) mass is 421 g/mol. The third-order valence-corrected chi connectivity index (χ3v) is 6.21. The first-order valence-corrected chi connectivity index (χ1v) is 10.3. The smallest absolute Gasteiger partial charge is 0.309 e. The molecule has 0 aromatic heterocycles. The Morgan fingerprint density at radius 3 is 2.38 bits per heavy atom. The minimum Gasteiger partial charge on any atom is -0.359 e. The Balaban J connectivity index is 1.55. The molecule has 1 fully saturated rings. The van der Waals surface area contributed by atoms with Gasteiger partial charge in [0.2, 0.25) is 10.0 Å². The van der Waals surface area contributed by atoms with E-state index in [0.717, 1.165) is 34.1 Å². The van der Waals surface area contributed by atoms with Crippen LogP contribution in [0.2, 0.25) is 0 Å². The molecular formula is C19H20FN3O5S. The number of carbonyl (C=O) groups is 2. The van der Waals surface area contributed by atoms with Gasteiger partial charge in [0.1, 0.15) is 12.0 Å². The quantitative estimate of drug-likeness (QED) is 0.665. The molecule has 2 N–H and O–H groups in total. The van der Waals surface area contributed by atoms with Crippen LogP contribution in [0.4, 0.5) is 4.39 Å². The molecule has 8 nitrogen and oxygen atoms in total. The number of halogens is 1. The van der Waals surface area contributed by atoms with Crippen LogP contribution in [0, 0.1) is 5.82 Å². The van der Waals surface area contributed by atoms with Gasteiger partial charge in [-0.25, -0.2) is 12.8 Å². The first kappa shape index (κ1) is 20.9. The van der Waals surface area contributed by atoms with Crippen molar-refractivity contribution < 1.29 is 27.1 Å². The molecule has 2 amide bonds. The molecule has 2 aromatic rings. The number of amides is 2. The normalized spacial score (nSPS) is 17.1. The molecule has 29 heavy (non-hydrogen) atoms. The Bertz CT molecular complexity index is 967. The fraction of sp³-hybridized carbons (Fsp3) is 0.263. The zero-order chi connectivity index (χ0) is 20.9. The van der Waals surface area contributed by atoms with Crippen LogP contribution >= 0.6 is 0 Å². The van der Waals surface area contributed by atoms with E-state index in [9.17, 15) is 22.4 Å². The molecule has 10 heteroatoms. The number of carbonyl (C=O) groups excluding carboxylic acids is 2. The first-order valence-electron chi connectivity index (χ1n) is 8.87. The molecule has 1 aliphatic rings. The van der Waals surface area contributed by atoms with Gasteiger partial charge in [-0.2, -0.15) is 4.31 Å². The summed E-state index contributed by atoms with van der Waals surface area (Å²) in [5.41, 5.74) is 0.837. The van der Waals surface area contributed by atoms with E-state index in [4.69, 9.17) is 4.74 Å². The largest absolute Gasteiger partial charge is 0.359 e. The average molecular weight is 421 g/mol. The number of nitrogens with one attached hydrogen (secondary N) is 2. The first-order chi connectivity index (χ1) is 13.9.